The van der Waals surface area contributed by atoms with Gasteiger partial charge in [-0.15, -0.1) is 5.10 Å². The summed E-state index contributed by atoms with van der Waals surface area (Å²) in [5, 5.41) is 9.77. The maximum atomic E-state index is 14.1. The SMILES string of the molecule is CN1CCN(C(=O)C(C)(c2ccccc2)n2ncc3c2nc(N)n2nc(-c4ccco4)nc32)CC1. The fourth-order valence-electron chi connectivity index (χ4n) is 4.66. The fourth-order valence-corrected chi connectivity index (χ4v) is 4.66. The Morgan fingerprint density at radius 2 is 1.80 bits per heavy atom. The van der Waals surface area contributed by atoms with Crippen molar-refractivity contribution in [1.82, 2.24) is 39.2 Å². The molecule has 0 radical (unpaired) electrons. The number of carbonyl (C=O) groups is 1. The summed E-state index contributed by atoms with van der Waals surface area (Å²) < 4.78 is 8.58. The van der Waals surface area contributed by atoms with Crippen molar-refractivity contribution in [3.8, 4) is 11.6 Å². The fraction of sp³-hybridized carbons (Fsp3) is 0.292. The van der Waals surface area contributed by atoms with Gasteiger partial charge in [-0.3, -0.25) is 4.79 Å². The largest absolute Gasteiger partial charge is 0.461 e. The van der Waals surface area contributed by atoms with Gasteiger partial charge in [0.2, 0.25) is 11.8 Å². The minimum Gasteiger partial charge on any atom is -0.461 e. The quantitative estimate of drug-likeness (QED) is 0.421. The number of furan rings is 1. The molecule has 6 rings (SSSR count). The molecular weight excluding hydrogens is 446 g/mol. The summed E-state index contributed by atoms with van der Waals surface area (Å²) in [4.78, 5) is 27.5. The molecule has 1 aromatic carbocycles. The van der Waals surface area contributed by atoms with Gasteiger partial charge in [0.05, 0.1) is 17.8 Å². The number of hydrogen-bond donors (Lipinski definition) is 1. The third kappa shape index (κ3) is 3.27. The highest BCUT2D eigenvalue weighted by Gasteiger charge is 2.43. The van der Waals surface area contributed by atoms with E-state index in [1.165, 1.54) is 4.52 Å². The first kappa shape index (κ1) is 21.3. The highest BCUT2D eigenvalue weighted by molar-refractivity contribution is 5.94. The van der Waals surface area contributed by atoms with E-state index in [9.17, 15) is 4.79 Å². The van der Waals surface area contributed by atoms with Crippen molar-refractivity contribution < 1.29 is 9.21 Å². The number of fused-ring (bicyclic) bond motifs is 3. The third-order valence-electron chi connectivity index (χ3n) is 6.74. The average molecular weight is 472 g/mol. The molecule has 178 valence electrons. The number of benzene rings is 1. The van der Waals surface area contributed by atoms with E-state index in [0.29, 0.717) is 41.4 Å². The van der Waals surface area contributed by atoms with Crippen molar-refractivity contribution in [3.05, 3.63) is 60.5 Å². The number of likely N-dealkylation sites (N-methyl/N-ethyl adjacent to an activating group) is 1. The van der Waals surface area contributed by atoms with Crippen LogP contribution in [-0.4, -0.2) is 78.3 Å². The first-order valence-corrected chi connectivity index (χ1v) is 11.4. The molecule has 0 saturated carbocycles. The van der Waals surface area contributed by atoms with Crippen LogP contribution in [-0.2, 0) is 10.3 Å². The van der Waals surface area contributed by atoms with Crippen LogP contribution in [0.15, 0.2) is 59.3 Å². The number of amides is 1. The van der Waals surface area contributed by atoms with Gasteiger partial charge in [0, 0.05) is 26.2 Å². The predicted octanol–water partition coefficient (Wildman–Crippen LogP) is 1.85. The van der Waals surface area contributed by atoms with Crippen LogP contribution in [0.3, 0.4) is 0 Å². The van der Waals surface area contributed by atoms with E-state index in [1.54, 1.807) is 29.3 Å². The molecule has 0 aliphatic carbocycles. The Labute approximate surface area is 200 Å². The van der Waals surface area contributed by atoms with Gasteiger partial charge in [0.25, 0.3) is 5.91 Å². The molecular formula is C24H25N9O2. The molecule has 1 amide bonds. The maximum absolute atomic E-state index is 14.1. The lowest BCUT2D eigenvalue weighted by molar-refractivity contribution is -0.140. The lowest BCUT2D eigenvalue weighted by atomic mass is 9.90. The van der Waals surface area contributed by atoms with Gasteiger partial charge in [-0.2, -0.15) is 14.6 Å². The number of aromatic nitrogens is 6. The van der Waals surface area contributed by atoms with E-state index < -0.39 is 5.54 Å². The van der Waals surface area contributed by atoms with Gasteiger partial charge in [0.1, 0.15) is 0 Å². The third-order valence-corrected chi connectivity index (χ3v) is 6.74. The molecule has 11 nitrogen and oxygen atoms in total. The highest BCUT2D eigenvalue weighted by Crippen LogP contribution is 2.33. The van der Waals surface area contributed by atoms with E-state index in [-0.39, 0.29) is 11.9 Å². The zero-order chi connectivity index (χ0) is 24.2. The number of nitrogen functional groups attached to an aromatic ring is 1. The molecule has 5 heterocycles. The predicted molar refractivity (Wildman–Crippen MR) is 129 cm³/mol. The van der Waals surface area contributed by atoms with E-state index in [1.807, 2.05) is 42.2 Å². The smallest absolute Gasteiger partial charge is 0.255 e. The number of nitrogens with zero attached hydrogens (tertiary/aromatic N) is 8. The topological polar surface area (TPSA) is 124 Å². The van der Waals surface area contributed by atoms with Crippen LogP contribution >= 0.6 is 0 Å². The van der Waals surface area contributed by atoms with Crippen molar-refractivity contribution in [2.45, 2.75) is 12.5 Å². The van der Waals surface area contributed by atoms with E-state index in [0.717, 1.165) is 18.7 Å². The number of piperazine rings is 1. The van der Waals surface area contributed by atoms with Crippen LogP contribution in [0.5, 0.6) is 0 Å². The van der Waals surface area contributed by atoms with E-state index in [4.69, 9.17) is 10.2 Å². The van der Waals surface area contributed by atoms with Gasteiger partial charge in [-0.05, 0) is 31.7 Å². The number of hydrogen-bond acceptors (Lipinski definition) is 8. The zero-order valence-corrected chi connectivity index (χ0v) is 19.5. The van der Waals surface area contributed by atoms with Crippen molar-refractivity contribution in [2.24, 2.45) is 0 Å². The Balaban J connectivity index is 1.54. The molecule has 1 saturated heterocycles. The van der Waals surface area contributed by atoms with E-state index in [2.05, 4.69) is 32.1 Å². The minimum absolute atomic E-state index is 0.0419. The van der Waals surface area contributed by atoms with Gasteiger partial charge in [-0.25, -0.2) is 9.67 Å². The second kappa shape index (κ2) is 7.91. The first-order valence-electron chi connectivity index (χ1n) is 11.4. The number of carbonyl (C=O) groups excluding carboxylic acids is 1. The molecule has 1 unspecified atom stereocenters. The van der Waals surface area contributed by atoms with Gasteiger partial charge < -0.3 is 20.0 Å². The van der Waals surface area contributed by atoms with Crippen molar-refractivity contribution >= 4 is 28.5 Å². The summed E-state index contributed by atoms with van der Waals surface area (Å²) in [5.74, 6) is 1.01. The lowest BCUT2D eigenvalue weighted by Crippen LogP contribution is -2.55. The normalized spacial score (nSPS) is 16.7. The molecule has 5 aromatic rings. The van der Waals surface area contributed by atoms with Crippen molar-refractivity contribution in [3.63, 3.8) is 0 Å². The highest BCUT2D eigenvalue weighted by atomic mass is 16.3. The summed E-state index contributed by atoms with van der Waals surface area (Å²) in [5.41, 5.74) is 6.94. The van der Waals surface area contributed by atoms with Crippen LogP contribution < -0.4 is 5.73 Å². The standard InChI is InChI=1S/C24H25N9O2/c1-24(16-7-4-3-5-8-16,22(34)31-12-10-30(2)11-13-31)33-21-17(15-26-33)20-27-19(18-9-6-14-35-18)29-32(20)23(25)28-21/h3-9,14-15H,10-13H2,1-2H3,(H2,25,28). The molecule has 11 heteroatoms. The Bertz CT molecular complexity index is 1520. The average Bonchev–Trinajstić information content (AvgIpc) is 3.63. The Morgan fingerprint density at radius 1 is 1.03 bits per heavy atom. The Hall–Kier alpha value is -4.25. The van der Waals surface area contributed by atoms with E-state index >= 15 is 0 Å². The van der Waals surface area contributed by atoms with Crippen LogP contribution in [0.25, 0.3) is 28.3 Å². The van der Waals surface area contributed by atoms with Gasteiger partial charge in [0.15, 0.2) is 22.6 Å². The number of anilines is 1. The first-order chi connectivity index (χ1) is 17.0. The molecule has 1 atom stereocenters. The lowest BCUT2D eigenvalue weighted by Gasteiger charge is -2.39. The molecule has 4 aromatic heterocycles. The Morgan fingerprint density at radius 3 is 2.51 bits per heavy atom. The van der Waals surface area contributed by atoms with Crippen LogP contribution in [0, 0.1) is 0 Å². The van der Waals surface area contributed by atoms with Crippen molar-refractivity contribution in [1.29, 1.82) is 0 Å². The van der Waals surface area contributed by atoms with Crippen LogP contribution in [0.1, 0.15) is 12.5 Å². The maximum Gasteiger partial charge on any atom is 0.255 e. The second-order valence-electron chi connectivity index (χ2n) is 8.95. The number of rotatable bonds is 4. The summed E-state index contributed by atoms with van der Waals surface area (Å²) >= 11 is 0. The van der Waals surface area contributed by atoms with Crippen LogP contribution in [0.2, 0.25) is 0 Å². The molecule has 1 fully saturated rings. The molecule has 1 aliphatic rings. The second-order valence-corrected chi connectivity index (χ2v) is 8.95. The summed E-state index contributed by atoms with van der Waals surface area (Å²) in [6.07, 6.45) is 3.22. The summed E-state index contributed by atoms with van der Waals surface area (Å²) in [7, 11) is 2.06. The van der Waals surface area contributed by atoms with Gasteiger partial charge >= 0.3 is 0 Å². The number of nitrogens with two attached hydrogens (primary N) is 1. The Kier molecular flexibility index (Phi) is 4.81. The molecule has 2 N–H and O–H groups in total. The molecule has 1 aliphatic heterocycles. The van der Waals surface area contributed by atoms with Crippen LogP contribution in [0.4, 0.5) is 5.95 Å². The monoisotopic (exact) mass is 471 g/mol. The summed E-state index contributed by atoms with van der Waals surface area (Å²) in [6.45, 7) is 4.81. The summed E-state index contributed by atoms with van der Waals surface area (Å²) in [6, 6.07) is 13.2. The van der Waals surface area contributed by atoms with Crippen molar-refractivity contribution in [2.75, 3.05) is 39.0 Å². The zero-order valence-electron chi connectivity index (χ0n) is 19.5. The molecule has 35 heavy (non-hydrogen) atoms. The molecule has 0 bridgehead atoms. The van der Waals surface area contributed by atoms with Gasteiger partial charge in [-0.1, -0.05) is 30.3 Å². The molecule has 0 spiro atoms. The minimum atomic E-state index is -1.14.